The van der Waals surface area contributed by atoms with E-state index in [1.54, 1.807) is 0 Å². The smallest absolute Gasteiger partial charge is 0.326 e. The molecular formula is C10H17NO3. The molecular weight excluding hydrogens is 182 g/mol. The summed E-state index contributed by atoms with van der Waals surface area (Å²) in [4.78, 5) is 21.9. The number of rotatable bonds is 6. The van der Waals surface area contributed by atoms with Gasteiger partial charge in [-0.25, -0.2) is 4.79 Å². The van der Waals surface area contributed by atoms with Crippen LogP contribution in [0.3, 0.4) is 0 Å². The van der Waals surface area contributed by atoms with Crippen LogP contribution in [0.4, 0.5) is 0 Å². The molecule has 0 radical (unpaired) electrons. The van der Waals surface area contributed by atoms with Gasteiger partial charge in [0.05, 0.1) is 0 Å². The molecule has 1 atom stereocenters. The molecule has 4 heteroatoms. The highest BCUT2D eigenvalue weighted by Gasteiger charge is 2.18. The molecule has 0 aliphatic carbocycles. The first-order valence-electron chi connectivity index (χ1n) is 4.60. The van der Waals surface area contributed by atoms with Crippen LogP contribution in [0.5, 0.6) is 0 Å². The second-order valence-electron chi connectivity index (χ2n) is 3.58. The van der Waals surface area contributed by atoms with Crippen molar-refractivity contribution in [3.63, 3.8) is 0 Å². The van der Waals surface area contributed by atoms with Gasteiger partial charge < -0.3 is 10.4 Å². The van der Waals surface area contributed by atoms with Crippen molar-refractivity contribution in [2.24, 2.45) is 5.92 Å². The first kappa shape index (κ1) is 12.7. The zero-order chi connectivity index (χ0) is 11.1. The summed E-state index contributed by atoms with van der Waals surface area (Å²) < 4.78 is 0. The van der Waals surface area contributed by atoms with Crippen molar-refractivity contribution in [1.82, 2.24) is 5.32 Å². The number of carboxylic acid groups (broad SMARTS) is 1. The lowest BCUT2D eigenvalue weighted by Gasteiger charge is -2.13. The van der Waals surface area contributed by atoms with Crippen LogP contribution in [0.1, 0.15) is 26.7 Å². The van der Waals surface area contributed by atoms with Crippen LogP contribution in [0.2, 0.25) is 0 Å². The molecule has 0 aromatic rings. The Morgan fingerprint density at radius 1 is 1.50 bits per heavy atom. The lowest BCUT2D eigenvalue weighted by Crippen LogP contribution is -2.40. The molecule has 0 fully saturated rings. The predicted octanol–water partition coefficient (Wildman–Crippen LogP) is 1.18. The number of hydrogen-bond acceptors (Lipinski definition) is 2. The van der Waals surface area contributed by atoms with E-state index < -0.39 is 12.0 Å². The number of carboxylic acids is 1. The van der Waals surface area contributed by atoms with Crippen LogP contribution < -0.4 is 5.32 Å². The van der Waals surface area contributed by atoms with Gasteiger partial charge in [-0.3, -0.25) is 4.79 Å². The Bertz CT molecular complexity index is 223. The fraction of sp³-hybridized carbons (Fsp3) is 0.600. The van der Waals surface area contributed by atoms with Crippen LogP contribution in [0.25, 0.3) is 0 Å². The predicted molar refractivity (Wildman–Crippen MR) is 53.8 cm³/mol. The molecule has 1 unspecified atom stereocenters. The first-order chi connectivity index (χ1) is 6.47. The Morgan fingerprint density at radius 2 is 2.07 bits per heavy atom. The molecule has 2 N–H and O–H groups in total. The quantitative estimate of drug-likeness (QED) is 0.631. The zero-order valence-corrected chi connectivity index (χ0v) is 8.62. The Hall–Kier alpha value is -1.32. The van der Waals surface area contributed by atoms with Crippen molar-refractivity contribution in [1.29, 1.82) is 0 Å². The Balaban J connectivity index is 4.09. The number of amides is 1. The van der Waals surface area contributed by atoms with Crippen molar-refractivity contribution in [2.45, 2.75) is 32.7 Å². The van der Waals surface area contributed by atoms with Crippen LogP contribution in [0.15, 0.2) is 12.7 Å². The zero-order valence-electron chi connectivity index (χ0n) is 8.62. The van der Waals surface area contributed by atoms with E-state index in [9.17, 15) is 9.59 Å². The van der Waals surface area contributed by atoms with Gasteiger partial charge in [-0.2, -0.15) is 0 Å². The summed E-state index contributed by atoms with van der Waals surface area (Å²) in [5, 5.41) is 11.2. The standard InChI is InChI=1S/C10H17NO3/c1-4-5-8(10(13)14)11-9(12)6-7(2)3/h4,7-8H,1,5-6H2,2-3H3,(H,11,12)(H,13,14). The fourth-order valence-electron chi connectivity index (χ4n) is 1.01. The summed E-state index contributed by atoms with van der Waals surface area (Å²) in [7, 11) is 0. The summed E-state index contributed by atoms with van der Waals surface area (Å²) in [5.74, 6) is -1.02. The summed E-state index contributed by atoms with van der Waals surface area (Å²) in [6, 6.07) is -0.848. The van der Waals surface area contributed by atoms with Crippen molar-refractivity contribution < 1.29 is 14.7 Å². The van der Waals surface area contributed by atoms with E-state index in [4.69, 9.17) is 5.11 Å². The molecule has 0 aliphatic rings. The van der Waals surface area contributed by atoms with Crippen LogP contribution in [-0.2, 0) is 9.59 Å². The highest BCUT2D eigenvalue weighted by molar-refractivity contribution is 5.83. The molecule has 0 saturated heterocycles. The van der Waals surface area contributed by atoms with Gasteiger partial charge in [0, 0.05) is 6.42 Å². The van der Waals surface area contributed by atoms with Crippen molar-refractivity contribution >= 4 is 11.9 Å². The van der Waals surface area contributed by atoms with Crippen molar-refractivity contribution in [3.05, 3.63) is 12.7 Å². The third kappa shape index (κ3) is 5.35. The van der Waals surface area contributed by atoms with E-state index in [0.717, 1.165) is 0 Å². The number of carbonyl (C=O) groups excluding carboxylic acids is 1. The molecule has 0 aromatic heterocycles. The van der Waals surface area contributed by atoms with E-state index in [2.05, 4.69) is 11.9 Å². The van der Waals surface area contributed by atoms with Gasteiger partial charge >= 0.3 is 5.97 Å². The average Bonchev–Trinajstić information content (AvgIpc) is 2.01. The summed E-state index contributed by atoms with van der Waals surface area (Å²) in [6.45, 7) is 7.25. The molecule has 1 amide bonds. The molecule has 14 heavy (non-hydrogen) atoms. The summed E-state index contributed by atoms with van der Waals surface area (Å²) in [5.41, 5.74) is 0. The van der Waals surface area contributed by atoms with Crippen molar-refractivity contribution in [2.75, 3.05) is 0 Å². The van der Waals surface area contributed by atoms with Crippen LogP contribution >= 0.6 is 0 Å². The second-order valence-corrected chi connectivity index (χ2v) is 3.58. The number of aliphatic carboxylic acids is 1. The topological polar surface area (TPSA) is 66.4 Å². The maximum absolute atomic E-state index is 11.2. The van der Waals surface area contributed by atoms with Gasteiger partial charge in [0.25, 0.3) is 0 Å². The number of carbonyl (C=O) groups is 2. The molecule has 0 spiro atoms. The van der Waals surface area contributed by atoms with E-state index in [0.29, 0.717) is 6.42 Å². The van der Waals surface area contributed by atoms with Gasteiger partial charge in [0.15, 0.2) is 0 Å². The monoisotopic (exact) mass is 199 g/mol. The highest BCUT2D eigenvalue weighted by atomic mass is 16.4. The average molecular weight is 199 g/mol. The van der Waals surface area contributed by atoms with Crippen LogP contribution in [-0.4, -0.2) is 23.0 Å². The third-order valence-corrected chi connectivity index (χ3v) is 1.63. The van der Waals surface area contributed by atoms with Gasteiger partial charge in [-0.05, 0) is 12.3 Å². The SMILES string of the molecule is C=CCC(NC(=O)CC(C)C)C(=O)O. The maximum Gasteiger partial charge on any atom is 0.326 e. The largest absolute Gasteiger partial charge is 0.480 e. The molecule has 0 aliphatic heterocycles. The highest BCUT2D eigenvalue weighted by Crippen LogP contribution is 2.00. The van der Waals surface area contributed by atoms with E-state index in [1.807, 2.05) is 13.8 Å². The summed E-state index contributed by atoms with van der Waals surface area (Å²) >= 11 is 0. The van der Waals surface area contributed by atoms with Crippen LogP contribution in [0, 0.1) is 5.92 Å². The minimum Gasteiger partial charge on any atom is -0.480 e. The minimum atomic E-state index is -1.03. The van der Waals surface area contributed by atoms with Gasteiger partial charge in [-0.15, -0.1) is 6.58 Å². The Kier molecular flexibility index (Phi) is 5.60. The second kappa shape index (κ2) is 6.18. The Morgan fingerprint density at radius 3 is 2.43 bits per heavy atom. The van der Waals surface area contributed by atoms with Gasteiger partial charge in [0.1, 0.15) is 6.04 Å². The number of nitrogens with one attached hydrogen (secondary N) is 1. The van der Waals surface area contributed by atoms with E-state index in [-0.39, 0.29) is 18.2 Å². The lowest BCUT2D eigenvalue weighted by molar-refractivity contribution is -0.141. The molecule has 80 valence electrons. The van der Waals surface area contributed by atoms with Crippen molar-refractivity contribution in [3.8, 4) is 0 Å². The van der Waals surface area contributed by atoms with E-state index in [1.165, 1.54) is 6.08 Å². The first-order valence-corrected chi connectivity index (χ1v) is 4.60. The van der Waals surface area contributed by atoms with Gasteiger partial charge in [0.2, 0.25) is 5.91 Å². The normalized spacial score (nSPS) is 12.2. The minimum absolute atomic E-state index is 0.228. The fourth-order valence-corrected chi connectivity index (χ4v) is 1.01. The third-order valence-electron chi connectivity index (χ3n) is 1.63. The molecule has 0 bridgehead atoms. The molecule has 0 heterocycles. The molecule has 0 rings (SSSR count). The maximum atomic E-state index is 11.2. The summed E-state index contributed by atoms with van der Waals surface area (Å²) in [6.07, 6.45) is 2.08. The number of hydrogen-bond donors (Lipinski definition) is 2. The molecule has 0 saturated carbocycles. The lowest BCUT2D eigenvalue weighted by atomic mass is 10.1. The molecule has 4 nitrogen and oxygen atoms in total. The Labute approximate surface area is 84.0 Å². The van der Waals surface area contributed by atoms with E-state index >= 15 is 0 Å². The molecule has 0 aromatic carbocycles. The van der Waals surface area contributed by atoms with Gasteiger partial charge in [-0.1, -0.05) is 19.9 Å².